The zero-order valence-electron chi connectivity index (χ0n) is 9.32. The molecular formula is C12H16O3. The summed E-state index contributed by atoms with van der Waals surface area (Å²) in [6.45, 7) is 1.98. The first-order valence-electron chi connectivity index (χ1n) is 4.94. The smallest absolute Gasteiger partial charge is 0.161 e. The van der Waals surface area contributed by atoms with Crippen molar-refractivity contribution < 1.29 is 14.3 Å². The number of hydrogen-bond acceptors (Lipinski definition) is 3. The predicted octanol–water partition coefficient (Wildman–Crippen LogP) is 2.40. The zero-order chi connectivity index (χ0) is 11.3. The number of hydrogen-bond donors (Lipinski definition) is 0. The van der Waals surface area contributed by atoms with Crippen molar-refractivity contribution in [3.05, 3.63) is 23.8 Å². The quantitative estimate of drug-likeness (QED) is 0.697. The van der Waals surface area contributed by atoms with Crippen LogP contribution in [0, 0.1) is 0 Å². The van der Waals surface area contributed by atoms with Crippen molar-refractivity contribution in [2.24, 2.45) is 0 Å². The molecule has 0 aliphatic rings. The van der Waals surface area contributed by atoms with Crippen LogP contribution in [0.1, 0.15) is 24.8 Å². The molecule has 15 heavy (non-hydrogen) atoms. The Bertz CT molecular complexity index is 334. The summed E-state index contributed by atoms with van der Waals surface area (Å²) in [5.74, 6) is 1.28. The lowest BCUT2D eigenvalue weighted by Gasteiger charge is -2.12. The minimum atomic E-state index is -0.0650. The van der Waals surface area contributed by atoms with Gasteiger partial charge in [0.15, 0.2) is 11.5 Å². The molecule has 0 N–H and O–H groups in total. The highest BCUT2D eigenvalue weighted by Gasteiger charge is 2.11. The monoisotopic (exact) mass is 208 g/mol. The second-order valence-corrected chi connectivity index (χ2v) is 3.27. The van der Waals surface area contributed by atoms with Crippen LogP contribution in [0.15, 0.2) is 18.2 Å². The number of benzene rings is 1. The third-order valence-electron chi connectivity index (χ3n) is 2.44. The van der Waals surface area contributed by atoms with Crippen molar-refractivity contribution >= 4 is 6.29 Å². The van der Waals surface area contributed by atoms with Gasteiger partial charge in [0.25, 0.3) is 0 Å². The first-order chi connectivity index (χ1) is 7.26. The molecule has 1 aromatic carbocycles. The Labute approximate surface area is 90.0 Å². The molecule has 82 valence electrons. The van der Waals surface area contributed by atoms with E-state index in [-0.39, 0.29) is 5.92 Å². The molecule has 0 aliphatic heterocycles. The lowest BCUT2D eigenvalue weighted by Crippen LogP contribution is -1.99. The molecule has 0 spiro atoms. The van der Waals surface area contributed by atoms with Gasteiger partial charge in [0.2, 0.25) is 0 Å². The molecule has 3 nitrogen and oxygen atoms in total. The molecule has 0 aliphatic carbocycles. The molecule has 1 atom stereocenters. The summed E-state index contributed by atoms with van der Waals surface area (Å²) in [7, 11) is 3.18. The fourth-order valence-corrected chi connectivity index (χ4v) is 1.49. The molecule has 0 heterocycles. The highest BCUT2D eigenvalue weighted by molar-refractivity contribution is 5.63. The summed E-state index contributed by atoms with van der Waals surface area (Å²) in [5.41, 5.74) is 0.963. The van der Waals surface area contributed by atoms with Crippen molar-refractivity contribution in [2.45, 2.75) is 19.3 Å². The number of carbonyl (C=O) groups is 1. The zero-order valence-corrected chi connectivity index (χ0v) is 9.32. The van der Waals surface area contributed by atoms with E-state index in [9.17, 15) is 4.79 Å². The second kappa shape index (κ2) is 5.39. The Hall–Kier alpha value is -1.51. The molecule has 0 radical (unpaired) electrons. The number of ether oxygens (including phenoxy) is 2. The average molecular weight is 208 g/mol. The number of methoxy groups -OCH3 is 2. The van der Waals surface area contributed by atoms with E-state index in [2.05, 4.69) is 0 Å². The van der Waals surface area contributed by atoms with Crippen LogP contribution >= 0.6 is 0 Å². The number of carbonyl (C=O) groups excluding carboxylic acids is 1. The molecule has 0 bridgehead atoms. The van der Waals surface area contributed by atoms with E-state index in [1.807, 2.05) is 25.1 Å². The largest absolute Gasteiger partial charge is 0.493 e. The third-order valence-corrected chi connectivity index (χ3v) is 2.44. The third kappa shape index (κ3) is 2.49. The van der Waals surface area contributed by atoms with E-state index in [1.54, 1.807) is 14.2 Å². The molecule has 0 amide bonds. The van der Waals surface area contributed by atoms with Crippen LogP contribution in [-0.4, -0.2) is 20.5 Å². The van der Waals surface area contributed by atoms with E-state index in [4.69, 9.17) is 9.47 Å². The summed E-state index contributed by atoms with van der Waals surface area (Å²) in [6, 6.07) is 5.56. The maximum absolute atomic E-state index is 10.8. The Morgan fingerprint density at radius 1 is 1.27 bits per heavy atom. The van der Waals surface area contributed by atoms with Crippen molar-refractivity contribution in [1.29, 1.82) is 0 Å². The van der Waals surface area contributed by atoms with Crippen molar-refractivity contribution in [1.82, 2.24) is 0 Å². The maximum Gasteiger partial charge on any atom is 0.161 e. The minimum absolute atomic E-state index is 0.0650. The summed E-state index contributed by atoms with van der Waals surface area (Å²) in [6.07, 6.45) is 1.75. The van der Waals surface area contributed by atoms with Gasteiger partial charge in [0.1, 0.15) is 6.29 Å². The number of aldehydes is 1. The Kier molecular flexibility index (Phi) is 4.16. The van der Waals surface area contributed by atoms with Gasteiger partial charge >= 0.3 is 0 Å². The molecular weight excluding hydrogens is 192 g/mol. The summed E-state index contributed by atoms with van der Waals surface area (Å²) in [5, 5.41) is 0. The molecule has 3 heteroatoms. The average Bonchev–Trinajstić information content (AvgIpc) is 2.30. The van der Waals surface area contributed by atoms with E-state index >= 15 is 0 Å². The molecule has 0 saturated carbocycles. The second-order valence-electron chi connectivity index (χ2n) is 3.27. The van der Waals surface area contributed by atoms with Crippen molar-refractivity contribution in [3.63, 3.8) is 0 Å². The first kappa shape index (κ1) is 11.6. The van der Waals surface area contributed by atoms with E-state index in [0.717, 1.165) is 18.3 Å². The van der Waals surface area contributed by atoms with Crippen LogP contribution in [0.25, 0.3) is 0 Å². The van der Waals surface area contributed by atoms with Gasteiger partial charge in [-0.05, 0) is 24.1 Å². The lowest BCUT2D eigenvalue weighted by atomic mass is 9.98. The predicted molar refractivity (Wildman–Crippen MR) is 58.6 cm³/mol. The Balaban J connectivity index is 3.06. The SMILES string of the molecule is CCC(C=O)c1ccc(OC)c(OC)c1. The first-order valence-corrected chi connectivity index (χ1v) is 4.94. The lowest BCUT2D eigenvalue weighted by molar-refractivity contribution is -0.109. The molecule has 1 rings (SSSR count). The van der Waals surface area contributed by atoms with Gasteiger partial charge in [-0.1, -0.05) is 13.0 Å². The molecule has 0 aromatic heterocycles. The van der Waals surface area contributed by atoms with E-state index in [1.165, 1.54) is 0 Å². The fraction of sp³-hybridized carbons (Fsp3) is 0.417. The molecule has 1 unspecified atom stereocenters. The highest BCUT2D eigenvalue weighted by atomic mass is 16.5. The van der Waals surface area contributed by atoms with Gasteiger partial charge < -0.3 is 14.3 Å². The molecule has 1 aromatic rings. The summed E-state index contributed by atoms with van der Waals surface area (Å²) < 4.78 is 10.3. The molecule has 0 fully saturated rings. The van der Waals surface area contributed by atoms with Crippen molar-refractivity contribution in [2.75, 3.05) is 14.2 Å². The fourth-order valence-electron chi connectivity index (χ4n) is 1.49. The normalized spacial score (nSPS) is 11.9. The Morgan fingerprint density at radius 3 is 2.40 bits per heavy atom. The van der Waals surface area contributed by atoms with Gasteiger partial charge in [0.05, 0.1) is 14.2 Å². The standard InChI is InChI=1S/C12H16O3/c1-4-9(8-13)10-5-6-11(14-2)12(7-10)15-3/h5-9H,4H2,1-3H3. The minimum Gasteiger partial charge on any atom is -0.493 e. The van der Waals surface area contributed by atoms with Gasteiger partial charge in [-0.25, -0.2) is 0 Å². The van der Waals surface area contributed by atoms with E-state index in [0.29, 0.717) is 11.5 Å². The van der Waals surface area contributed by atoms with Crippen LogP contribution in [-0.2, 0) is 4.79 Å². The number of rotatable bonds is 5. The summed E-state index contributed by atoms with van der Waals surface area (Å²) in [4.78, 5) is 10.8. The van der Waals surface area contributed by atoms with Gasteiger partial charge in [-0.3, -0.25) is 0 Å². The maximum atomic E-state index is 10.8. The van der Waals surface area contributed by atoms with Crippen molar-refractivity contribution in [3.8, 4) is 11.5 Å². The van der Waals surface area contributed by atoms with Crippen LogP contribution in [0.3, 0.4) is 0 Å². The van der Waals surface area contributed by atoms with Gasteiger partial charge in [-0.15, -0.1) is 0 Å². The van der Waals surface area contributed by atoms with Crippen LogP contribution in [0.2, 0.25) is 0 Å². The van der Waals surface area contributed by atoms with Crippen LogP contribution < -0.4 is 9.47 Å². The highest BCUT2D eigenvalue weighted by Crippen LogP contribution is 2.30. The Morgan fingerprint density at radius 2 is 1.93 bits per heavy atom. The molecule has 0 saturated heterocycles. The summed E-state index contributed by atoms with van der Waals surface area (Å²) >= 11 is 0. The van der Waals surface area contributed by atoms with Gasteiger partial charge in [-0.2, -0.15) is 0 Å². The van der Waals surface area contributed by atoms with Crippen LogP contribution in [0.4, 0.5) is 0 Å². The van der Waals surface area contributed by atoms with Gasteiger partial charge in [0, 0.05) is 5.92 Å². The van der Waals surface area contributed by atoms with E-state index < -0.39 is 0 Å². The topological polar surface area (TPSA) is 35.5 Å². The van der Waals surface area contributed by atoms with Crippen LogP contribution in [0.5, 0.6) is 11.5 Å².